The summed E-state index contributed by atoms with van der Waals surface area (Å²) in [6.07, 6.45) is 1.30. The van der Waals surface area contributed by atoms with Gasteiger partial charge < -0.3 is 10.7 Å². The molecule has 0 saturated heterocycles. The molecule has 0 fully saturated rings. The Hall–Kier alpha value is -1.44. The van der Waals surface area contributed by atoms with Crippen LogP contribution in [0.1, 0.15) is 0 Å². The van der Waals surface area contributed by atoms with Crippen LogP contribution in [0, 0.1) is 5.82 Å². The van der Waals surface area contributed by atoms with Gasteiger partial charge in [-0.25, -0.2) is 20.2 Å². The molecular weight excluding hydrogens is 324 g/mol. The van der Waals surface area contributed by atoms with Gasteiger partial charge in [-0.3, -0.25) is 0 Å². The highest BCUT2D eigenvalue weighted by molar-refractivity contribution is 9.10. The average molecular weight is 333 g/mol. The summed E-state index contributed by atoms with van der Waals surface area (Å²) in [5, 5.41) is 3.14. The van der Waals surface area contributed by atoms with E-state index in [4.69, 9.17) is 17.4 Å². The summed E-state index contributed by atoms with van der Waals surface area (Å²) in [5.41, 5.74) is 2.64. The van der Waals surface area contributed by atoms with Crippen LogP contribution in [0.25, 0.3) is 0 Å². The van der Waals surface area contributed by atoms with E-state index >= 15 is 0 Å². The van der Waals surface area contributed by atoms with Crippen LogP contribution in [0.5, 0.6) is 0 Å². The van der Waals surface area contributed by atoms with E-state index in [1.165, 1.54) is 18.5 Å². The molecule has 0 saturated carbocycles. The Kier molecular flexibility index (Phi) is 3.95. The summed E-state index contributed by atoms with van der Waals surface area (Å²) in [6.45, 7) is 0. The van der Waals surface area contributed by atoms with Crippen LogP contribution in [0.15, 0.2) is 29.0 Å². The monoisotopic (exact) mass is 331 g/mol. The second kappa shape index (κ2) is 5.47. The Morgan fingerprint density at radius 1 is 1.28 bits per heavy atom. The largest absolute Gasteiger partial charge is 0.337 e. The van der Waals surface area contributed by atoms with E-state index < -0.39 is 5.82 Å². The molecule has 18 heavy (non-hydrogen) atoms. The lowest BCUT2D eigenvalue weighted by atomic mass is 10.3. The zero-order chi connectivity index (χ0) is 13.1. The van der Waals surface area contributed by atoms with Crippen LogP contribution in [0.4, 0.5) is 21.7 Å². The fourth-order valence-electron chi connectivity index (χ4n) is 1.28. The van der Waals surface area contributed by atoms with Crippen LogP contribution in [0.3, 0.4) is 0 Å². The Morgan fingerprint density at radius 3 is 2.67 bits per heavy atom. The van der Waals surface area contributed by atoms with Crippen LogP contribution < -0.4 is 16.6 Å². The molecule has 0 radical (unpaired) electrons. The zero-order valence-electron chi connectivity index (χ0n) is 8.92. The molecule has 94 valence electrons. The number of nitrogen functional groups attached to an aromatic ring is 1. The number of nitrogens with two attached hydrogens (primary N) is 1. The van der Waals surface area contributed by atoms with Crippen molar-refractivity contribution in [3.05, 3.63) is 39.8 Å². The molecular formula is C10H8BrClFN5. The van der Waals surface area contributed by atoms with Gasteiger partial charge in [-0.2, -0.15) is 0 Å². The van der Waals surface area contributed by atoms with Crippen molar-refractivity contribution in [3.63, 3.8) is 0 Å². The topological polar surface area (TPSA) is 75.9 Å². The number of hydrogen-bond donors (Lipinski definition) is 3. The van der Waals surface area contributed by atoms with E-state index in [1.807, 2.05) is 0 Å². The van der Waals surface area contributed by atoms with Gasteiger partial charge in [0.25, 0.3) is 0 Å². The maximum atomic E-state index is 13.6. The quantitative estimate of drug-likeness (QED) is 0.595. The molecule has 0 amide bonds. The molecule has 4 N–H and O–H groups in total. The summed E-state index contributed by atoms with van der Waals surface area (Å²) in [6, 6.07) is 4.30. The fourth-order valence-corrected chi connectivity index (χ4v) is 1.85. The number of benzene rings is 1. The van der Waals surface area contributed by atoms with E-state index in [-0.39, 0.29) is 5.69 Å². The molecule has 5 nitrogen and oxygen atoms in total. The Bertz CT molecular complexity index is 580. The third-order valence-electron chi connectivity index (χ3n) is 2.11. The molecule has 1 heterocycles. The van der Waals surface area contributed by atoms with Crippen molar-refractivity contribution >= 4 is 44.9 Å². The minimum Gasteiger partial charge on any atom is -0.337 e. The van der Waals surface area contributed by atoms with Crippen molar-refractivity contribution in [2.75, 3.05) is 10.7 Å². The molecule has 0 aliphatic carbocycles. The first kappa shape index (κ1) is 13.0. The maximum Gasteiger partial charge on any atom is 0.159 e. The van der Waals surface area contributed by atoms with Crippen molar-refractivity contribution in [3.8, 4) is 0 Å². The Morgan fingerprint density at radius 2 is 2.00 bits per heavy atom. The third kappa shape index (κ3) is 2.69. The molecule has 8 heteroatoms. The average Bonchev–Trinajstić information content (AvgIpc) is 2.35. The molecule has 0 bridgehead atoms. The lowest BCUT2D eigenvalue weighted by Crippen LogP contribution is -2.10. The van der Waals surface area contributed by atoms with E-state index in [2.05, 4.69) is 36.6 Å². The third-order valence-corrected chi connectivity index (χ3v) is 3.10. The van der Waals surface area contributed by atoms with Crippen LogP contribution in [-0.4, -0.2) is 9.97 Å². The molecule has 1 aromatic carbocycles. The molecule has 0 spiro atoms. The molecule has 0 unspecified atom stereocenters. The second-order valence-electron chi connectivity index (χ2n) is 3.28. The first-order valence-electron chi connectivity index (χ1n) is 4.81. The smallest absolute Gasteiger partial charge is 0.159 e. The predicted octanol–water partition coefficient (Wildman–Crippen LogP) is 3.06. The highest BCUT2D eigenvalue weighted by atomic mass is 79.9. The zero-order valence-corrected chi connectivity index (χ0v) is 11.3. The van der Waals surface area contributed by atoms with Gasteiger partial charge in [0.1, 0.15) is 22.4 Å². The van der Waals surface area contributed by atoms with E-state index in [9.17, 15) is 4.39 Å². The normalized spacial score (nSPS) is 10.2. The minimum absolute atomic E-state index is 0.252. The van der Waals surface area contributed by atoms with Gasteiger partial charge in [0.2, 0.25) is 0 Å². The Balaban J connectivity index is 2.34. The fraction of sp³-hybridized carbons (Fsp3) is 0. The standard InChI is InChI=1S/C10H8BrClFN5/c11-8-9(15-4-16-10(8)18-14)17-7-2-1-5(12)3-6(7)13/h1-4H,14H2,(H2,15,16,17,18). The summed E-state index contributed by atoms with van der Waals surface area (Å²) < 4.78 is 14.1. The van der Waals surface area contributed by atoms with Crippen molar-refractivity contribution in [1.29, 1.82) is 0 Å². The highest BCUT2D eigenvalue weighted by Crippen LogP contribution is 2.29. The van der Waals surface area contributed by atoms with E-state index in [0.717, 1.165) is 0 Å². The van der Waals surface area contributed by atoms with Crippen LogP contribution in [-0.2, 0) is 0 Å². The number of anilines is 3. The molecule has 0 aliphatic heterocycles. The van der Waals surface area contributed by atoms with Gasteiger partial charge in [-0.1, -0.05) is 11.6 Å². The molecule has 1 aromatic heterocycles. The van der Waals surface area contributed by atoms with E-state index in [0.29, 0.717) is 21.1 Å². The van der Waals surface area contributed by atoms with E-state index in [1.54, 1.807) is 6.07 Å². The van der Waals surface area contributed by atoms with Crippen molar-refractivity contribution in [1.82, 2.24) is 9.97 Å². The lowest BCUT2D eigenvalue weighted by Gasteiger charge is -2.10. The molecule has 2 aromatic rings. The number of aromatic nitrogens is 2. The summed E-state index contributed by atoms with van der Waals surface area (Å²) in [4.78, 5) is 7.87. The van der Waals surface area contributed by atoms with Crippen molar-refractivity contribution < 1.29 is 4.39 Å². The van der Waals surface area contributed by atoms with Crippen LogP contribution in [0.2, 0.25) is 5.02 Å². The van der Waals surface area contributed by atoms with Gasteiger partial charge in [0.05, 0.1) is 5.69 Å². The van der Waals surface area contributed by atoms with Gasteiger partial charge in [-0.15, -0.1) is 0 Å². The number of nitrogens with zero attached hydrogens (tertiary/aromatic N) is 2. The summed E-state index contributed by atoms with van der Waals surface area (Å²) >= 11 is 8.93. The second-order valence-corrected chi connectivity index (χ2v) is 4.51. The molecule has 0 atom stereocenters. The molecule has 2 rings (SSSR count). The number of nitrogens with one attached hydrogen (secondary N) is 2. The van der Waals surface area contributed by atoms with Gasteiger partial charge in [-0.05, 0) is 34.1 Å². The molecule has 0 aliphatic rings. The number of hydrogen-bond acceptors (Lipinski definition) is 5. The first-order valence-corrected chi connectivity index (χ1v) is 5.98. The highest BCUT2D eigenvalue weighted by Gasteiger charge is 2.10. The number of halogens is 3. The minimum atomic E-state index is -0.477. The van der Waals surface area contributed by atoms with Crippen molar-refractivity contribution in [2.45, 2.75) is 0 Å². The lowest BCUT2D eigenvalue weighted by molar-refractivity contribution is 0.632. The van der Waals surface area contributed by atoms with Gasteiger partial charge in [0, 0.05) is 5.02 Å². The predicted molar refractivity (Wildman–Crippen MR) is 72.2 cm³/mol. The summed E-state index contributed by atoms with van der Waals surface area (Å²) in [5.74, 6) is 5.58. The maximum absolute atomic E-state index is 13.6. The summed E-state index contributed by atoms with van der Waals surface area (Å²) in [7, 11) is 0. The SMILES string of the molecule is NNc1ncnc(Nc2ccc(Cl)cc2F)c1Br. The van der Waals surface area contributed by atoms with Gasteiger partial charge >= 0.3 is 0 Å². The van der Waals surface area contributed by atoms with Crippen LogP contribution >= 0.6 is 27.5 Å². The van der Waals surface area contributed by atoms with Crippen molar-refractivity contribution in [2.24, 2.45) is 5.84 Å². The number of hydrazine groups is 1. The Labute approximate surface area is 116 Å². The van der Waals surface area contributed by atoms with Gasteiger partial charge in [0.15, 0.2) is 5.82 Å². The first-order chi connectivity index (χ1) is 8.61. The number of rotatable bonds is 3.